The van der Waals surface area contributed by atoms with Crippen LogP contribution in [0, 0.1) is 0 Å². The molecular formula is C9H14N4S. The molecule has 0 atom stereocenters. The first-order valence-electron chi connectivity index (χ1n) is 4.81. The lowest BCUT2D eigenvalue weighted by Gasteiger charge is -2.32. The maximum absolute atomic E-state index is 5.57. The molecule has 1 saturated heterocycles. The van der Waals surface area contributed by atoms with Crippen molar-refractivity contribution < 1.29 is 0 Å². The van der Waals surface area contributed by atoms with E-state index >= 15 is 0 Å². The van der Waals surface area contributed by atoms with Crippen molar-refractivity contribution >= 4 is 17.3 Å². The van der Waals surface area contributed by atoms with Gasteiger partial charge in [-0.15, -0.1) is 0 Å². The number of nitrogens with two attached hydrogens (primary N) is 1. The highest BCUT2D eigenvalue weighted by Gasteiger charge is 2.20. The maximum Gasteiger partial charge on any atom is 0.166 e. The Morgan fingerprint density at radius 1 is 1.43 bits per heavy atom. The second-order valence-corrected chi connectivity index (χ2v) is 3.96. The first-order valence-corrected chi connectivity index (χ1v) is 5.21. The molecule has 1 aromatic heterocycles. The number of aromatic nitrogens is 2. The molecule has 0 bridgehead atoms. The van der Waals surface area contributed by atoms with E-state index in [0.29, 0.717) is 11.2 Å². The zero-order valence-electron chi connectivity index (χ0n) is 7.97. The molecule has 0 unspecified atom stereocenters. The first-order chi connectivity index (χ1) is 6.77. The van der Waals surface area contributed by atoms with Gasteiger partial charge in [0, 0.05) is 25.5 Å². The van der Waals surface area contributed by atoms with Gasteiger partial charge in [0.25, 0.3) is 0 Å². The summed E-state index contributed by atoms with van der Waals surface area (Å²) in [5.41, 5.74) is 5.57. The third-order valence-electron chi connectivity index (χ3n) is 2.68. The molecule has 2 N–H and O–H groups in total. The number of rotatable bonds is 1. The summed E-state index contributed by atoms with van der Waals surface area (Å²) in [6, 6.07) is 2.47. The Labute approximate surface area is 88.7 Å². The van der Waals surface area contributed by atoms with Gasteiger partial charge >= 0.3 is 0 Å². The minimum absolute atomic E-state index is 0.510. The third kappa shape index (κ3) is 1.87. The number of thiocarbonyl (C=S) groups is 1. The number of hydrogen-bond acceptors (Lipinski definition) is 2. The Morgan fingerprint density at radius 3 is 2.64 bits per heavy atom. The van der Waals surface area contributed by atoms with Crippen LogP contribution in [0.1, 0.15) is 18.9 Å². The quantitative estimate of drug-likeness (QED) is 0.695. The van der Waals surface area contributed by atoms with E-state index < -0.39 is 0 Å². The normalized spacial score (nSPS) is 18.4. The van der Waals surface area contributed by atoms with Crippen LogP contribution >= 0.6 is 12.2 Å². The van der Waals surface area contributed by atoms with Crippen LogP contribution in [0.2, 0.25) is 0 Å². The Kier molecular flexibility index (Phi) is 2.67. The Morgan fingerprint density at radius 2 is 2.14 bits per heavy atom. The molecule has 0 spiro atoms. The van der Waals surface area contributed by atoms with E-state index in [1.165, 1.54) is 0 Å². The van der Waals surface area contributed by atoms with Crippen LogP contribution < -0.4 is 5.73 Å². The second kappa shape index (κ2) is 3.96. The number of likely N-dealkylation sites (tertiary alicyclic amines) is 1. The highest BCUT2D eigenvalue weighted by molar-refractivity contribution is 7.80. The van der Waals surface area contributed by atoms with Crippen molar-refractivity contribution in [3.8, 4) is 0 Å². The van der Waals surface area contributed by atoms with Crippen molar-refractivity contribution in [3.05, 3.63) is 18.5 Å². The monoisotopic (exact) mass is 210 g/mol. The van der Waals surface area contributed by atoms with Gasteiger partial charge in [-0.05, 0) is 31.1 Å². The van der Waals surface area contributed by atoms with E-state index in [1.807, 2.05) is 23.1 Å². The van der Waals surface area contributed by atoms with E-state index in [1.54, 1.807) is 0 Å². The van der Waals surface area contributed by atoms with Gasteiger partial charge < -0.3 is 10.6 Å². The molecule has 76 valence electrons. The standard InChI is InChI=1S/C9H14N4S/c10-9(14)12-6-2-8(3-7-12)13-5-1-4-11-13/h1,4-5,8H,2-3,6-7H2,(H2,10,14). The largest absolute Gasteiger partial charge is 0.376 e. The minimum Gasteiger partial charge on any atom is -0.376 e. The predicted molar refractivity (Wildman–Crippen MR) is 58.9 cm³/mol. The number of nitrogens with zero attached hydrogens (tertiary/aromatic N) is 3. The molecule has 1 aromatic rings. The maximum atomic E-state index is 5.57. The minimum atomic E-state index is 0.510. The third-order valence-corrected chi connectivity index (χ3v) is 2.93. The summed E-state index contributed by atoms with van der Waals surface area (Å²) in [4.78, 5) is 2.05. The van der Waals surface area contributed by atoms with Crippen molar-refractivity contribution in [2.24, 2.45) is 5.73 Å². The molecule has 0 aliphatic carbocycles. The highest BCUT2D eigenvalue weighted by atomic mass is 32.1. The molecule has 0 amide bonds. The summed E-state index contributed by atoms with van der Waals surface area (Å²) in [6.07, 6.45) is 5.97. The van der Waals surface area contributed by atoms with Gasteiger partial charge in [0.2, 0.25) is 0 Å². The molecule has 2 heterocycles. The van der Waals surface area contributed by atoms with Crippen molar-refractivity contribution in [2.45, 2.75) is 18.9 Å². The summed E-state index contributed by atoms with van der Waals surface area (Å²) in [5.74, 6) is 0. The Balaban J connectivity index is 1.93. The Hall–Kier alpha value is -1.10. The zero-order valence-corrected chi connectivity index (χ0v) is 8.78. The van der Waals surface area contributed by atoms with Crippen LogP contribution in [0.5, 0.6) is 0 Å². The summed E-state index contributed by atoms with van der Waals surface area (Å²) >= 11 is 4.94. The van der Waals surface area contributed by atoms with Gasteiger partial charge in [-0.2, -0.15) is 5.10 Å². The van der Waals surface area contributed by atoms with Gasteiger partial charge in [0.15, 0.2) is 5.11 Å². The summed E-state index contributed by atoms with van der Waals surface area (Å²) in [6.45, 7) is 1.89. The molecule has 4 nitrogen and oxygen atoms in total. The lowest BCUT2D eigenvalue weighted by Crippen LogP contribution is -2.41. The fraction of sp³-hybridized carbons (Fsp3) is 0.556. The van der Waals surface area contributed by atoms with Crippen LogP contribution in [0.3, 0.4) is 0 Å². The molecule has 1 fully saturated rings. The predicted octanol–water partition coefficient (Wildman–Crippen LogP) is 0.764. The van der Waals surface area contributed by atoms with Crippen LogP contribution in [0.15, 0.2) is 18.5 Å². The fourth-order valence-electron chi connectivity index (χ4n) is 1.85. The molecule has 5 heteroatoms. The van der Waals surface area contributed by atoms with Gasteiger partial charge in [-0.3, -0.25) is 4.68 Å². The van der Waals surface area contributed by atoms with E-state index in [2.05, 4.69) is 10.00 Å². The van der Waals surface area contributed by atoms with E-state index in [0.717, 1.165) is 25.9 Å². The summed E-state index contributed by atoms with van der Waals surface area (Å²) in [7, 11) is 0. The molecule has 1 aliphatic heterocycles. The van der Waals surface area contributed by atoms with Crippen molar-refractivity contribution in [1.29, 1.82) is 0 Å². The van der Waals surface area contributed by atoms with Gasteiger partial charge in [-0.25, -0.2) is 0 Å². The highest BCUT2D eigenvalue weighted by Crippen LogP contribution is 2.20. The Bertz CT molecular complexity index is 301. The van der Waals surface area contributed by atoms with Crippen molar-refractivity contribution in [2.75, 3.05) is 13.1 Å². The van der Waals surface area contributed by atoms with E-state index in [4.69, 9.17) is 18.0 Å². The van der Waals surface area contributed by atoms with Crippen molar-refractivity contribution in [3.63, 3.8) is 0 Å². The molecule has 0 aromatic carbocycles. The number of piperidine rings is 1. The average molecular weight is 210 g/mol. The smallest absolute Gasteiger partial charge is 0.166 e. The molecule has 0 saturated carbocycles. The van der Waals surface area contributed by atoms with E-state index in [9.17, 15) is 0 Å². The zero-order chi connectivity index (χ0) is 9.97. The van der Waals surface area contributed by atoms with Crippen LogP contribution in [0.4, 0.5) is 0 Å². The molecule has 1 aliphatic rings. The van der Waals surface area contributed by atoms with Crippen LogP contribution in [-0.4, -0.2) is 32.9 Å². The molecule has 2 rings (SSSR count). The van der Waals surface area contributed by atoms with Crippen LogP contribution in [-0.2, 0) is 0 Å². The van der Waals surface area contributed by atoms with Gasteiger partial charge in [0.1, 0.15) is 0 Å². The van der Waals surface area contributed by atoms with Gasteiger partial charge in [0.05, 0.1) is 6.04 Å². The molecule has 0 radical (unpaired) electrons. The van der Waals surface area contributed by atoms with Crippen LogP contribution in [0.25, 0.3) is 0 Å². The first kappa shape index (κ1) is 9.45. The van der Waals surface area contributed by atoms with E-state index in [-0.39, 0.29) is 0 Å². The lowest BCUT2D eigenvalue weighted by molar-refractivity contribution is 0.255. The fourth-order valence-corrected chi connectivity index (χ4v) is 2.03. The summed E-state index contributed by atoms with van der Waals surface area (Å²) in [5, 5.41) is 4.76. The topological polar surface area (TPSA) is 47.1 Å². The molecular weight excluding hydrogens is 196 g/mol. The van der Waals surface area contributed by atoms with Crippen molar-refractivity contribution in [1.82, 2.24) is 14.7 Å². The second-order valence-electron chi connectivity index (χ2n) is 3.54. The lowest BCUT2D eigenvalue weighted by atomic mass is 10.1. The van der Waals surface area contributed by atoms with Gasteiger partial charge in [-0.1, -0.05) is 0 Å². The average Bonchev–Trinajstić information content (AvgIpc) is 2.71. The SMILES string of the molecule is NC(=S)N1CCC(n2cccn2)CC1. The molecule has 14 heavy (non-hydrogen) atoms. The number of hydrogen-bond donors (Lipinski definition) is 1. The summed E-state index contributed by atoms with van der Waals surface area (Å²) < 4.78 is 2.02.